The van der Waals surface area contributed by atoms with Crippen molar-refractivity contribution in [3.05, 3.63) is 35.9 Å². The summed E-state index contributed by atoms with van der Waals surface area (Å²) in [5, 5.41) is 11.4. The Morgan fingerprint density at radius 1 is 0.750 bits per heavy atom. The number of carbonyl (C=O) groups excluding carboxylic acids is 1. The van der Waals surface area contributed by atoms with Crippen LogP contribution in [0.25, 0.3) is 0 Å². The highest BCUT2D eigenvalue weighted by Gasteiger charge is 2.67. The van der Waals surface area contributed by atoms with Crippen molar-refractivity contribution in [2.75, 3.05) is 0 Å². The Balaban J connectivity index is 1.30. The normalized spacial score (nSPS) is 39.5. The Morgan fingerprint density at radius 3 is 1.84 bits per heavy atom. The first-order valence-electron chi connectivity index (χ1n) is 12.2. The lowest BCUT2D eigenvalue weighted by Crippen LogP contribution is -2.62. The van der Waals surface area contributed by atoms with E-state index in [4.69, 9.17) is 23.7 Å². The van der Waals surface area contributed by atoms with Crippen molar-refractivity contribution in [2.24, 2.45) is 0 Å². The first kappa shape index (κ1) is 21.1. The quantitative estimate of drug-likeness (QED) is 0.699. The van der Waals surface area contributed by atoms with E-state index in [9.17, 15) is 9.90 Å². The third-order valence-corrected chi connectivity index (χ3v) is 7.86. The van der Waals surface area contributed by atoms with Crippen molar-refractivity contribution < 1.29 is 33.6 Å². The van der Waals surface area contributed by atoms with E-state index in [2.05, 4.69) is 0 Å². The fraction of sp³-hybridized carbons (Fsp3) is 0.720. The molecular weight excluding hydrogens is 412 g/mol. The van der Waals surface area contributed by atoms with Crippen LogP contribution >= 0.6 is 0 Å². The van der Waals surface area contributed by atoms with Crippen LogP contribution in [0.2, 0.25) is 0 Å². The van der Waals surface area contributed by atoms with Crippen molar-refractivity contribution in [1.29, 1.82) is 0 Å². The number of hydrogen-bond acceptors (Lipinski definition) is 7. The molecular formula is C25H32O7. The summed E-state index contributed by atoms with van der Waals surface area (Å²) in [7, 11) is 0. The molecule has 2 aliphatic heterocycles. The third kappa shape index (κ3) is 3.49. The van der Waals surface area contributed by atoms with Gasteiger partial charge in [0.25, 0.3) is 0 Å². The van der Waals surface area contributed by atoms with Crippen molar-refractivity contribution >= 4 is 5.97 Å². The van der Waals surface area contributed by atoms with Gasteiger partial charge >= 0.3 is 5.97 Å². The maximum absolute atomic E-state index is 12.9. The van der Waals surface area contributed by atoms with E-state index in [1.807, 2.05) is 6.07 Å². The molecule has 6 rings (SSSR count). The summed E-state index contributed by atoms with van der Waals surface area (Å²) in [6, 6.07) is 8.84. The maximum atomic E-state index is 12.9. The highest BCUT2D eigenvalue weighted by atomic mass is 16.8. The molecule has 3 aliphatic carbocycles. The number of benzene rings is 1. The number of esters is 1. The van der Waals surface area contributed by atoms with Crippen LogP contribution in [0, 0.1) is 0 Å². The van der Waals surface area contributed by atoms with E-state index in [1.165, 1.54) is 6.42 Å². The molecule has 0 unspecified atom stereocenters. The average molecular weight is 445 g/mol. The topological polar surface area (TPSA) is 83.5 Å². The van der Waals surface area contributed by atoms with Gasteiger partial charge in [0.1, 0.15) is 30.5 Å². The van der Waals surface area contributed by atoms with Crippen LogP contribution in [-0.4, -0.2) is 59.3 Å². The van der Waals surface area contributed by atoms with Gasteiger partial charge in [0.05, 0.1) is 5.56 Å². The molecule has 2 saturated heterocycles. The Kier molecular flexibility index (Phi) is 5.30. The summed E-state index contributed by atoms with van der Waals surface area (Å²) < 4.78 is 31.9. The zero-order chi connectivity index (χ0) is 21.8. The lowest BCUT2D eigenvalue weighted by atomic mass is 9.85. The molecule has 0 radical (unpaired) electrons. The van der Waals surface area contributed by atoms with Gasteiger partial charge in [0.2, 0.25) is 0 Å². The van der Waals surface area contributed by atoms with Gasteiger partial charge in [-0.1, -0.05) is 31.0 Å². The van der Waals surface area contributed by atoms with E-state index >= 15 is 0 Å². The first-order valence-corrected chi connectivity index (χ1v) is 12.2. The minimum absolute atomic E-state index is 0.430. The molecule has 174 valence electrons. The van der Waals surface area contributed by atoms with Gasteiger partial charge in [-0.2, -0.15) is 0 Å². The molecule has 7 nitrogen and oxygen atoms in total. The number of aliphatic hydroxyl groups is 1. The number of aliphatic hydroxyl groups excluding tert-OH is 1. The second kappa shape index (κ2) is 8.06. The molecule has 7 heteroatoms. The van der Waals surface area contributed by atoms with Crippen LogP contribution in [0.3, 0.4) is 0 Å². The summed E-state index contributed by atoms with van der Waals surface area (Å²) in [6.07, 6.45) is 5.72. The van der Waals surface area contributed by atoms with Gasteiger partial charge in [-0.25, -0.2) is 4.79 Å². The molecule has 2 spiro atoms. The zero-order valence-corrected chi connectivity index (χ0v) is 18.3. The van der Waals surface area contributed by atoms with Crippen molar-refractivity contribution in [3.63, 3.8) is 0 Å². The molecule has 32 heavy (non-hydrogen) atoms. The predicted octanol–water partition coefficient (Wildman–Crippen LogP) is 3.48. The standard InChI is InChI=1S/C25H32O7/c26-17-18(28-23(27)16-10-4-1-5-11-16)20-22(32-25(30-20)14-8-3-9-15-25)21-19(17)29-24(31-21)12-6-2-7-13-24/h1,4-5,10-11,17-22,26H,2-3,6-9,12-15H2/t17-,18-,19+,20-,21-,22-/m0/s1. The van der Waals surface area contributed by atoms with E-state index in [0.29, 0.717) is 5.56 Å². The molecule has 5 fully saturated rings. The first-order chi connectivity index (χ1) is 15.6. The minimum atomic E-state index is -1.04. The Morgan fingerprint density at radius 2 is 1.25 bits per heavy atom. The van der Waals surface area contributed by atoms with Gasteiger partial charge in [0.15, 0.2) is 17.7 Å². The minimum Gasteiger partial charge on any atom is -0.453 e. The second-order valence-electron chi connectivity index (χ2n) is 10.00. The Labute approximate surface area is 188 Å². The summed E-state index contributed by atoms with van der Waals surface area (Å²) >= 11 is 0. The molecule has 0 amide bonds. The van der Waals surface area contributed by atoms with Gasteiger partial charge in [-0.15, -0.1) is 0 Å². The largest absolute Gasteiger partial charge is 0.453 e. The molecule has 3 saturated carbocycles. The maximum Gasteiger partial charge on any atom is 0.338 e. The van der Waals surface area contributed by atoms with Crippen molar-refractivity contribution in [3.8, 4) is 0 Å². The Hall–Kier alpha value is -1.51. The fourth-order valence-corrected chi connectivity index (χ4v) is 6.28. The van der Waals surface area contributed by atoms with Gasteiger partial charge < -0.3 is 28.8 Å². The van der Waals surface area contributed by atoms with Crippen molar-refractivity contribution in [1.82, 2.24) is 0 Å². The van der Waals surface area contributed by atoms with Gasteiger partial charge in [0, 0.05) is 25.7 Å². The molecule has 1 aromatic carbocycles. The highest BCUT2D eigenvalue weighted by molar-refractivity contribution is 5.89. The molecule has 1 aromatic rings. The van der Waals surface area contributed by atoms with Gasteiger partial charge in [-0.05, 0) is 37.8 Å². The lowest BCUT2D eigenvalue weighted by Gasteiger charge is -2.40. The van der Waals surface area contributed by atoms with Crippen LogP contribution < -0.4 is 0 Å². The van der Waals surface area contributed by atoms with Crippen LogP contribution in [0.4, 0.5) is 0 Å². The Bertz CT molecular complexity index is 830. The third-order valence-electron chi connectivity index (χ3n) is 7.86. The van der Waals surface area contributed by atoms with E-state index in [-0.39, 0.29) is 0 Å². The summed E-state index contributed by atoms with van der Waals surface area (Å²) in [5.74, 6) is -1.85. The van der Waals surface area contributed by atoms with Gasteiger partial charge in [-0.3, -0.25) is 0 Å². The van der Waals surface area contributed by atoms with Crippen LogP contribution in [0.15, 0.2) is 30.3 Å². The smallest absolute Gasteiger partial charge is 0.338 e. The average Bonchev–Trinajstić information content (AvgIpc) is 3.37. The lowest BCUT2D eigenvalue weighted by molar-refractivity contribution is -0.224. The van der Waals surface area contributed by atoms with E-state index in [0.717, 1.165) is 57.8 Å². The number of fused-ring (bicyclic) bond motifs is 3. The number of hydrogen-bond donors (Lipinski definition) is 1. The highest BCUT2D eigenvalue weighted by Crippen LogP contribution is 2.51. The summed E-state index contributed by atoms with van der Waals surface area (Å²) in [4.78, 5) is 12.9. The van der Waals surface area contributed by atoms with E-state index in [1.54, 1.807) is 24.3 Å². The summed E-state index contributed by atoms with van der Waals surface area (Å²) in [6.45, 7) is 0. The molecule has 5 aliphatic rings. The van der Waals surface area contributed by atoms with Crippen molar-refractivity contribution in [2.45, 2.75) is 112 Å². The summed E-state index contributed by atoms with van der Waals surface area (Å²) in [5.41, 5.74) is 0.442. The molecule has 1 N–H and O–H groups in total. The van der Waals surface area contributed by atoms with E-state index < -0.39 is 54.2 Å². The zero-order valence-electron chi connectivity index (χ0n) is 18.3. The fourth-order valence-electron chi connectivity index (χ4n) is 6.28. The predicted molar refractivity (Wildman–Crippen MR) is 113 cm³/mol. The molecule has 2 heterocycles. The SMILES string of the molecule is O=C(O[C@H]1[C@H](O)[C@H]2OC3(CCCCC3)O[C@@H]2[C@H]2OC3(CCCCC3)O[C@H]21)c1ccccc1. The number of ether oxygens (including phenoxy) is 5. The number of carbonyl (C=O) groups is 1. The van der Waals surface area contributed by atoms with Crippen LogP contribution in [0.5, 0.6) is 0 Å². The van der Waals surface area contributed by atoms with Crippen LogP contribution in [0.1, 0.15) is 74.6 Å². The number of rotatable bonds is 2. The second-order valence-corrected chi connectivity index (χ2v) is 10.00. The molecule has 0 aromatic heterocycles. The molecule has 0 bridgehead atoms. The van der Waals surface area contributed by atoms with Crippen LogP contribution in [-0.2, 0) is 23.7 Å². The monoisotopic (exact) mass is 444 g/mol. The molecule has 6 atom stereocenters.